The summed E-state index contributed by atoms with van der Waals surface area (Å²) in [7, 11) is 5.56. The molecule has 6 aromatic rings. The molecule has 3 aliphatic rings. The van der Waals surface area contributed by atoms with E-state index in [9.17, 15) is 28.8 Å². The molecule has 488 valence electrons. The Morgan fingerprint density at radius 1 is 0.570 bits per heavy atom. The Balaban J connectivity index is 1.19. The first-order valence-electron chi connectivity index (χ1n) is 30.0. The van der Waals surface area contributed by atoms with Gasteiger partial charge in [0.05, 0.1) is 28.4 Å². The van der Waals surface area contributed by atoms with Crippen LogP contribution in [0.3, 0.4) is 0 Å². The molecule has 0 radical (unpaired) electrons. The van der Waals surface area contributed by atoms with Crippen LogP contribution in [0.15, 0.2) is 133 Å². The van der Waals surface area contributed by atoms with Crippen molar-refractivity contribution in [1.29, 1.82) is 0 Å². The Morgan fingerprint density at radius 2 is 1.09 bits per heavy atom. The lowest BCUT2D eigenvalue weighted by atomic mass is 9.80. The first-order valence-corrected chi connectivity index (χ1v) is 30.0. The SMILES string of the molecule is COc1cc2c(cc1OC(=O)C(Cc1ccccc1)NC(=O)OC(C)(C)C)OC(=O)C1C2C(c2ccc(OC(=O)[C@H](Cc3ccccc3)NC(=O)OC(C)(C)C)c(OC)c2)=C2c3cc(OC)c(OC)c(OC(=O)/C(=C/c4ccccc4)NC(=O)OC(C)(C)C)c3CCN21. The monoisotopic (exact) mass is 1270 g/mol. The summed E-state index contributed by atoms with van der Waals surface area (Å²) in [6.07, 6.45) is -0.978. The lowest BCUT2D eigenvalue weighted by Gasteiger charge is -2.37. The number of hydrogen-bond acceptors (Lipinski definition) is 19. The number of benzene rings is 6. The van der Waals surface area contributed by atoms with Crippen LogP contribution in [-0.2, 0) is 52.7 Å². The molecule has 3 aliphatic heterocycles. The smallest absolute Gasteiger partial charge is 0.412 e. The summed E-state index contributed by atoms with van der Waals surface area (Å²) in [5.41, 5.74) is 1.66. The summed E-state index contributed by atoms with van der Waals surface area (Å²) in [5.74, 6) is -4.32. The minimum atomic E-state index is -1.27. The highest BCUT2D eigenvalue weighted by molar-refractivity contribution is 6.05. The second kappa shape index (κ2) is 27.9. The third kappa shape index (κ3) is 16.2. The second-order valence-electron chi connectivity index (χ2n) is 25.0. The van der Waals surface area contributed by atoms with Gasteiger partial charge in [0.15, 0.2) is 34.5 Å². The fourth-order valence-corrected chi connectivity index (χ4v) is 11.0. The summed E-state index contributed by atoms with van der Waals surface area (Å²) in [4.78, 5) is 100. The lowest BCUT2D eigenvalue weighted by molar-refractivity contribution is -0.140. The van der Waals surface area contributed by atoms with Crippen LogP contribution in [-0.4, -0.2) is 117 Å². The van der Waals surface area contributed by atoms with Gasteiger partial charge in [-0.3, -0.25) is 5.32 Å². The Kier molecular flexibility index (Phi) is 20.1. The highest BCUT2D eigenvalue weighted by Gasteiger charge is 2.53. The van der Waals surface area contributed by atoms with E-state index in [1.54, 1.807) is 153 Å². The molecular formula is C71H76N4O18. The van der Waals surface area contributed by atoms with Gasteiger partial charge >= 0.3 is 42.2 Å². The molecule has 0 saturated heterocycles. The number of nitrogens with zero attached hydrogens (tertiary/aromatic N) is 1. The van der Waals surface area contributed by atoms with E-state index in [1.807, 2.05) is 29.2 Å². The number of rotatable bonds is 19. The van der Waals surface area contributed by atoms with Gasteiger partial charge in [-0.2, -0.15) is 0 Å². The van der Waals surface area contributed by atoms with E-state index in [-0.39, 0.29) is 77.5 Å². The van der Waals surface area contributed by atoms with Crippen LogP contribution in [0.5, 0.6) is 46.0 Å². The number of hydrogen-bond donors (Lipinski definition) is 3. The molecule has 0 aromatic heterocycles. The van der Waals surface area contributed by atoms with E-state index < -0.39 is 83.0 Å². The Morgan fingerprint density at radius 3 is 1.61 bits per heavy atom. The number of amides is 3. The quantitative estimate of drug-likeness (QED) is 0.0295. The van der Waals surface area contributed by atoms with E-state index in [4.69, 9.17) is 52.1 Å². The van der Waals surface area contributed by atoms with Gasteiger partial charge in [-0.25, -0.2) is 33.6 Å². The average molecular weight is 1270 g/mol. The van der Waals surface area contributed by atoms with Gasteiger partial charge < -0.3 is 67.6 Å². The van der Waals surface area contributed by atoms with Crippen molar-refractivity contribution in [3.05, 3.63) is 172 Å². The minimum absolute atomic E-state index is 0.000609. The van der Waals surface area contributed by atoms with Crippen LogP contribution in [0.4, 0.5) is 14.4 Å². The number of ether oxygens (including phenoxy) is 11. The molecule has 0 fully saturated rings. The molecular weight excluding hydrogens is 1200 g/mol. The molecule has 6 aromatic carbocycles. The van der Waals surface area contributed by atoms with E-state index in [0.717, 1.165) is 5.56 Å². The topological polar surface area (TPSA) is 260 Å². The maximum absolute atomic E-state index is 15.1. The molecule has 3 unspecified atom stereocenters. The highest BCUT2D eigenvalue weighted by Crippen LogP contribution is 2.59. The zero-order chi connectivity index (χ0) is 67.1. The average Bonchev–Trinajstić information content (AvgIpc) is 1.56. The number of carbonyl (C=O) groups is 7. The fraction of sp³-hybridized carbons (Fsp3) is 0.338. The maximum atomic E-state index is 15.1. The first kappa shape index (κ1) is 66.9. The van der Waals surface area contributed by atoms with Crippen molar-refractivity contribution in [2.75, 3.05) is 35.0 Å². The maximum Gasteiger partial charge on any atom is 0.412 e. The summed E-state index contributed by atoms with van der Waals surface area (Å²) in [5, 5.41) is 7.89. The van der Waals surface area contributed by atoms with Gasteiger partial charge in [0.25, 0.3) is 0 Å². The third-order valence-electron chi connectivity index (χ3n) is 14.7. The molecule has 93 heavy (non-hydrogen) atoms. The molecule has 3 N–H and O–H groups in total. The van der Waals surface area contributed by atoms with Crippen molar-refractivity contribution in [2.45, 2.75) is 122 Å². The van der Waals surface area contributed by atoms with Gasteiger partial charge in [-0.15, -0.1) is 0 Å². The standard InChI is InChI=1S/C71H76N4O18/c1-69(2,3)91-66(80)72-47(33-40-23-17-14-18-24-40)62(76)87-50-30-29-43(36-52(50)83-10)56-57-46-38-53(84-11)54(89-63(77)48(34-41-25-19-15-20-26-41)73-67(81)92-70(4,5)6)39-51(46)88-65(79)59(57)75-32-31-44-45(58(56)75)37-55(85-12)61(86-13)60(44)90-64(78)49(35-42-27-21-16-22-28-42)74-68(82)93-71(7,8)9/h14-30,35-39,47-48,57,59H,31-34H2,1-13H3,(H,72,80)(H,73,81)(H,74,82)/b49-35-/t47-,48?,57?,59?/m0/s1. The largest absolute Gasteiger partial charge is 0.493 e. The predicted octanol–water partition coefficient (Wildman–Crippen LogP) is 11.1. The van der Waals surface area contributed by atoms with Crippen LogP contribution in [0.2, 0.25) is 0 Å². The van der Waals surface area contributed by atoms with Crippen LogP contribution in [0, 0.1) is 0 Å². The Labute approximate surface area is 539 Å². The molecule has 0 saturated carbocycles. The normalized spacial score (nSPS) is 15.6. The number of nitrogens with one attached hydrogen (secondary N) is 3. The number of alkyl carbamates (subject to hydrolysis) is 3. The summed E-state index contributed by atoms with van der Waals surface area (Å²) in [6, 6.07) is 32.8. The van der Waals surface area contributed by atoms with Gasteiger partial charge in [-0.05, 0) is 127 Å². The van der Waals surface area contributed by atoms with Gasteiger partial charge in [0.1, 0.15) is 46.4 Å². The van der Waals surface area contributed by atoms with Crippen LogP contribution in [0.1, 0.15) is 107 Å². The van der Waals surface area contributed by atoms with Gasteiger partial charge in [0.2, 0.25) is 5.75 Å². The summed E-state index contributed by atoms with van der Waals surface area (Å²) >= 11 is 0. The number of esters is 4. The number of carbonyl (C=O) groups excluding carboxylic acids is 7. The van der Waals surface area contributed by atoms with Crippen molar-refractivity contribution in [3.8, 4) is 46.0 Å². The van der Waals surface area contributed by atoms with Crippen molar-refractivity contribution in [3.63, 3.8) is 0 Å². The zero-order valence-corrected chi connectivity index (χ0v) is 54.1. The molecule has 9 rings (SSSR count). The van der Waals surface area contributed by atoms with E-state index in [2.05, 4.69) is 16.0 Å². The molecule has 0 bridgehead atoms. The van der Waals surface area contributed by atoms with E-state index in [1.165, 1.54) is 46.6 Å². The molecule has 4 atom stereocenters. The van der Waals surface area contributed by atoms with Crippen molar-refractivity contribution < 1.29 is 85.7 Å². The third-order valence-corrected chi connectivity index (χ3v) is 14.7. The second-order valence-corrected chi connectivity index (χ2v) is 25.0. The van der Waals surface area contributed by atoms with Crippen molar-refractivity contribution >= 4 is 59.5 Å². The molecule has 0 aliphatic carbocycles. The van der Waals surface area contributed by atoms with Crippen molar-refractivity contribution in [2.24, 2.45) is 0 Å². The van der Waals surface area contributed by atoms with E-state index in [0.29, 0.717) is 44.7 Å². The Bertz CT molecular complexity index is 3880. The molecule has 3 amide bonds. The van der Waals surface area contributed by atoms with Gasteiger partial charge in [-0.1, -0.05) is 97.1 Å². The fourth-order valence-electron chi connectivity index (χ4n) is 11.0. The molecule has 22 nitrogen and oxygen atoms in total. The summed E-state index contributed by atoms with van der Waals surface area (Å²) < 4.78 is 65.4. The molecule has 0 spiro atoms. The predicted molar refractivity (Wildman–Crippen MR) is 342 cm³/mol. The molecule has 22 heteroatoms. The minimum Gasteiger partial charge on any atom is -0.493 e. The van der Waals surface area contributed by atoms with Crippen LogP contribution >= 0.6 is 0 Å². The van der Waals surface area contributed by atoms with Crippen molar-refractivity contribution in [1.82, 2.24) is 20.9 Å². The van der Waals surface area contributed by atoms with Gasteiger partial charge in [0, 0.05) is 53.8 Å². The van der Waals surface area contributed by atoms with Crippen LogP contribution in [0.25, 0.3) is 17.3 Å². The summed E-state index contributed by atoms with van der Waals surface area (Å²) in [6.45, 7) is 15.3. The van der Waals surface area contributed by atoms with Crippen LogP contribution < -0.4 is 53.8 Å². The highest BCUT2D eigenvalue weighted by atomic mass is 16.6. The zero-order valence-electron chi connectivity index (χ0n) is 54.1. The molecule has 3 heterocycles. The lowest BCUT2D eigenvalue weighted by Crippen LogP contribution is -2.47. The number of fused-ring (bicyclic) bond motifs is 7. The Hall–Kier alpha value is -10.5. The first-order chi connectivity index (χ1) is 44.1. The van der Waals surface area contributed by atoms with E-state index >= 15 is 4.79 Å². The number of methoxy groups -OCH3 is 4.